The first-order valence-corrected chi connectivity index (χ1v) is 8.15. The second kappa shape index (κ2) is 7.27. The van der Waals surface area contributed by atoms with Crippen molar-refractivity contribution in [3.05, 3.63) is 47.2 Å². The van der Waals surface area contributed by atoms with Gasteiger partial charge in [-0.15, -0.1) is 0 Å². The number of carbonyl (C=O) groups is 3. The van der Waals surface area contributed by atoms with Gasteiger partial charge in [-0.1, -0.05) is 30.3 Å². The molecular weight excluding hydrogens is 340 g/mol. The summed E-state index contributed by atoms with van der Waals surface area (Å²) >= 11 is 0. The van der Waals surface area contributed by atoms with Gasteiger partial charge in [-0.3, -0.25) is 15.0 Å². The maximum absolute atomic E-state index is 12.3. The summed E-state index contributed by atoms with van der Waals surface area (Å²) in [6.07, 6.45) is -1.82. The number of hydrogen-bond donors (Lipinski definition) is 1. The van der Waals surface area contributed by atoms with Crippen LogP contribution < -0.4 is 5.32 Å². The summed E-state index contributed by atoms with van der Waals surface area (Å²) in [7, 11) is 1.24. The highest BCUT2D eigenvalue weighted by Gasteiger charge is 2.58. The van der Waals surface area contributed by atoms with Crippen molar-refractivity contribution in [3.63, 3.8) is 0 Å². The monoisotopic (exact) mass is 360 g/mol. The minimum Gasteiger partial charge on any atom is -0.464 e. The fourth-order valence-electron chi connectivity index (χ4n) is 2.90. The molecule has 2 fully saturated rings. The van der Waals surface area contributed by atoms with Crippen LogP contribution in [0.5, 0.6) is 0 Å². The van der Waals surface area contributed by atoms with Crippen LogP contribution in [0, 0.1) is 0 Å². The van der Waals surface area contributed by atoms with Gasteiger partial charge in [0.15, 0.2) is 6.23 Å². The second-order valence-corrected chi connectivity index (χ2v) is 6.19. The highest BCUT2D eigenvalue weighted by Crippen LogP contribution is 2.33. The zero-order valence-corrected chi connectivity index (χ0v) is 14.7. The van der Waals surface area contributed by atoms with Crippen molar-refractivity contribution in [1.29, 1.82) is 0 Å². The summed E-state index contributed by atoms with van der Waals surface area (Å²) in [6, 6.07) is 8.54. The van der Waals surface area contributed by atoms with E-state index in [4.69, 9.17) is 14.2 Å². The Kier molecular flexibility index (Phi) is 5.06. The number of rotatable bonds is 5. The molecule has 0 bridgehead atoms. The number of nitrogens with zero attached hydrogens (tertiary/aromatic N) is 1. The summed E-state index contributed by atoms with van der Waals surface area (Å²) in [6.45, 7) is 3.50. The summed E-state index contributed by atoms with van der Waals surface area (Å²) in [5.74, 6) is -1.60. The molecule has 2 aliphatic heterocycles. The normalized spacial score (nSPS) is 23.7. The molecule has 0 aromatic heterocycles. The third-order valence-electron chi connectivity index (χ3n) is 4.18. The molecule has 1 amide bonds. The minimum atomic E-state index is -1.07. The molecule has 8 heteroatoms. The molecular formula is C18H20N2O6. The Morgan fingerprint density at radius 2 is 1.92 bits per heavy atom. The topological polar surface area (TPSA) is 94.2 Å². The first-order chi connectivity index (χ1) is 12.4. The van der Waals surface area contributed by atoms with Crippen LogP contribution in [0.3, 0.4) is 0 Å². The van der Waals surface area contributed by atoms with Crippen molar-refractivity contribution in [3.8, 4) is 0 Å². The van der Waals surface area contributed by atoms with Crippen molar-refractivity contribution in [2.45, 2.75) is 39.0 Å². The molecule has 2 heterocycles. The summed E-state index contributed by atoms with van der Waals surface area (Å²) in [5.41, 5.74) is 1.58. The lowest BCUT2D eigenvalue weighted by Crippen LogP contribution is -2.66. The Balaban J connectivity index is 1.64. The number of allylic oxidation sites excluding steroid dienone is 1. The predicted octanol–water partition coefficient (Wildman–Crippen LogP) is 0.679. The average Bonchev–Trinajstić information content (AvgIpc) is 3.04. The first kappa shape index (κ1) is 18.1. The molecule has 26 heavy (non-hydrogen) atoms. The van der Waals surface area contributed by atoms with E-state index in [2.05, 4.69) is 5.32 Å². The molecule has 2 aliphatic rings. The zero-order chi connectivity index (χ0) is 18.8. The van der Waals surface area contributed by atoms with Crippen LogP contribution >= 0.6 is 0 Å². The van der Waals surface area contributed by atoms with E-state index >= 15 is 0 Å². The molecule has 3 atom stereocenters. The van der Waals surface area contributed by atoms with Crippen LogP contribution in [0.25, 0.3) is 0 Å². The number of methoxy groups -OCH3 is 1. The maximum atomic E-state index is 12.3. The SMILES string of the molecule is COC(=O)C(=C(C)C)N1C(=O)C2NC(C(=O)OCc3ccccc3)OC21. The number of hydrogen-bond acceptors (Lipinski definition) is 7. The van der Waals surface area contributed by atoms with Crippen LogP contribution in [0.4, 0.5) is 0 Å². The van der Waals surface area contributed by atoms with Gasteiger partial charge >= 0.3 is 11.9 Å². The lowest BCUT2D eigenvalue weighted by atomic mass is 10.0. The van der Waals surface area contributed by atoms with E-state index in [9.17, 15) is 14.4 Å². The highest BCUT2D eigenvalue weighted by molar-refractivity contribution is 6.00. The summed E-state index contributed by atoms with van der Waals surface area (Å²) < 4.78 is 15.6. The van der Waals surface area contributed by atoms with Gasteiger partial charge in [0.25, 0.3) is 5.91 Å². The zero-order valence-electron chi connectivity index (χ0n) is 14.7. The Labute approximate surface area is 150 Å². The molecule has 1 aromatic carbocycles. The van der Waals surface area contributed by atoms with E-state index in [0.29, 0.717) is 5.57 Å². The number of fused-ring (bicyclic) bond motifs is 1. The van der Waals surface area contributed by atoms with E-state index in [1.165, 1.54) is 12.0 Å². The number of β-lactam (4-membered cyclic amide) rings is 1. The van der Waals surface area contributed by atoms with Crippen LogP contribution in [-0.2, 0) is 35.2 Å². The van der Waals surface area contributed by atoms with Crippen molar-refractivity contribution in [2.75, 3.05) is 7.11 Å². The van der Waals surface area contributed by atoms with Crippen molar-refractivity contribution < 1.29 is 28.6 Å². The number of ether oxygens (including phenoxy) is 3. The van der Waals surface area contributed by atoms with Gasteiger partial charge in [-0.05, 0) is 25.0 Å². The van der Waals surface area contributed by atoms with Crippen LogP contribution in [0.2, 0.25) is 0 Å². The molecule has 0 spiro atoms. The van der Waals surface area contributed by atoms with Gasteiger partial charge in [0.05, 0.1) is 7.11 Å². The largest absolute Gasteiger partial charge is 0.464 e. The van der Waals surface area contributed by atoms with Gasteiger partial charge < -0.3 is 14.2 Å². The number of nitrogens with one attached hydrogen (secondary N) is 1. The maximum Gasteiger partial charge on any atom is 0.354 e. The number of likely N-dealkylation sites (tertiary alicyclic amines) is 1. The van der Waals surface area contributed by atoms with Gasteiger partial charge in [0, 0.05) is 0 Å². The molecule has 2 saturated heterocycles. The lowest BCUT2D eigenvalue weighted by molar-refractivity contribution is -0.176. The fourth-order valence-corrected chi connectivity index (χ4v) is 2.90. The van der Waals surface area contributed by atoms with Crippen molar-refractivity contribution in [1.82, 2.24) is 10.2 Å². The lowest BCUT2D eigenvalue weighted by Gasteiger charge is -2.41. The number of amides is 1. The average molecular weight is 360 g/mol. The second-order valence-electron chi connectivity index (χ2n) is 6.19. The Morgan fingerprint density at radius 1 is 1.23 bits per heavy atom. The van der Waals surface area contributed by atoms with Crippen LogP contribution in [0.1, 0.15) is 19.4 Å². The molecule has 1 N–H and O–H groups in total. The standard InChI is InChI=1S/C18H20N2O6/c1-10(2)13(17(22)24-3)20-15(21)12-16(20)26-14(19-12)18(23)25-9-11-7-5-4-6-8-11/h4-8,12,14,16,19H,9H2,1-3H3. The smallest absolute Gasteiger partial charge is 0.354 e. The molecule has 3 unspecified atom stereocenters. The number of benzene rings is 1. The molecule has 0 radical (unpaired) electrons. The third-order valence-corrected chi connectivity index (χ3v) is 4.18. The Hall–Kier alpha value is -2.71. The molecule has 138 valence electrons. The highest BCUT2D eigenvalue weighted by atomic mass is 16.6. The van der Waals surface area contributed by atoms with Crippen LogP contribution in [0.15, 0.2) is 41.6 Å². The van der Waals surface area contributed by atoms with Gasteiger partial charge in [-0.2, -0.15) is 0 Å². The fraction of sp³-hybridized carbons (Fsp3) is 0.389. The minimum absolute atomic E-state index is 0.107. The molecule has 0 aliphatic carbocycles. The number of carbonyl (C=O) groups excluding carboxylic acids is 3. The van der Waals surface area contributed by atoms with E-state index in [1.807, 2.05) is 30.3 Å². The third kappa shape index (κ3) is 3.21. The first-order valence-electron chi connectivity index (χ1n) is 8.15. The van der Waals surface area contributed by atoms with Crippen LogP contribution in [-0.4, -0.2) is 48.4 Å². The number of esters is 2. The summed E-state index contributed by atoms with van der Waals surface area (Å²) in [4.78, 5) is 37.7. The van der Waals surface area contributed by atoms with Gasteiger partial charge in [-0.25, -0.2) is 9.59 Å². The predicted molar refractivity (Wildman–Crippen MR) is 89.1 cm³/mol. The Bertz CT molecular complexity index is 756. The summed E-state index contributed by atoms with van der Waals surface area (Å²) in [5, 5.41) is 2.79. The van der Waals surface area contributed by atoms with E-state index in [-0.39, 0.29) is 18.2 Å². The van der Waals surface area contributed by atoms with E-state index in [0.717, 1.165) is 5.56 Å². The van der Waals surface area contributed by atoms with Crippen molar-refractivity contribution >= 4 is 17.8 Å². The molecule has 3 rings (SSSR count). The Morgan fingerprint density at radius 3 is 2.54 bits per heavy atom. The molecule has 8 nitrogen and oxygen atoms in total. The molecule has 0 saturated carbocycles. The van der Waals surface area contributed by atoms with Gasteiger partial charge in [0.1, 0.15) is 18.3 Å². The molecule has 1 aromatic rings. The van der Waals surface area contributed by atoms with E-state index in [1.54, 1.807) is 13.8 Å². The van der Waals surface area contributed by atoms with Gasteiger partial charge in [0.2, 0.25) is 6.23 Å². The quantitative estimate of drug-likeness (QED) is 0.469. The van der Waals surface area contributed by atoms with E-state index < -0.39 is 30.4 Å². The van der Waals surface area contributed by atoms with Crippen molar-refractivity contribution in [2.24, 2.45) is 0 Å².